The van der Waals surface area contributed by atoms with Gasteiger partial charge in [-0.3, -0.25) is 14.5 Å². The molecule has 0 bridgehead atoms. The fourth-order valence-corrected chi connectivity index (χ4v) is 2.89. The van der Waals surface area contributed by atoms with E-state index in [1.807, 2.05) is 12.3 Å². The quantitative estimate of drug-likeness (QED) is 0.857. The van der Waals surface area contributed by atoms with Crippen LogP contribution in [0.4, 0.5) is 5.13 Å². The first kappa shape index (κ1) is 14.0. The van der Waals surface area contributed by atoms with Crippen LogP contribution in [-0.2, 0) is 15.3 Å². The number of hydrogen-bond acceptors (Lipinski definition) is 5. The molecule has 0 unspecified atom stereocenters. The summed E-state index contributed by atoms with van der Waals surface area (Å²) < 4.78 is 0. The van der Waals surface area contributed by atoms with E-state index in [2.05, 4.69) is 4.98 Å². The van der Waals surface area contributed by atoms with Gasteiger partial charge in [0.2, 0.25) is 5.91 Å². The van der Waals surface area contributed by atoms with Gasteiger partial charge in [-0.25, -0.2) is 4.98 Å². The fraction of sp³-hybridized carbons (Fsp3) is 0.500. The van der Waals surface area contributed by atoms with Crippen molar-refractivity contribution in [2.75, 3.05) is 17.2 Å². The molecule has 5 nitrogen and oxygen atoms in total. The van der Waals surface area contributed by atoms with Crippen LogP contribution in [0.2, 0.25) is 0 Å². The summed E-state index contributed by atoms with van der Waals surface area (Å²) in [6, 6.07) is 0. The highest BCUT2D eigenvalue weighted by molar-refractivity contribution is 7.99. The number of carboxylic acid groups (broad SMARTS) is 1. The summed E-state index contributed by atoms with van der Waals surface area (Å²) >= 11 is 2.70. The number of nitrogens with zero attached hydrogens (tertiary/aromatic N) is 2. The second kappa shape index (κ2) is 6.61. The predicted octanol–water partition coefficient (Wildman–Crippen LogP) is 1.83. The normalized spacial score (nSPS) is 10.2. The first-order chi connectivity index (χ1) is 8.04. The van der Waals surface area contributed by atoms with Crippen LogP contribution in [-0.4, -0.2) is 34.3 Å². The molecule has 1 aromatic rings. The largest absolute Gasteiger partial charge is 0.481 e. The number of aromatic nitrogens is 1. The van der Waals surface area contributed by atoms with Crippen molar-refractivity contribution in [3.05, 3.63) is 11.1 Å². The molecule has 0 spiro atoms. The minimum absolute atomic E-state index is 0.0356. The van der Waals surface area contributed by atoms with Crippen LogP contribution in [0.5, 0.6) is 0 Å². The standard InChI is InChI=1S/C10H14N2O3S2/c1-3-12(7(2)13)10-11-8(5-17-10)4-16-6-9(14)15/h5H,3-4,6H2,1-2H3,(H,14,15). The van der Waals surface area contributed by atoms with E-state index in [-0.39, 0.29) is 11.7 Å². The molecule has 0 radical (unpaired) electrons. The van der Waals surface area contributed by atoms with Crippen molar-refractivity contribution < 1.29 is 14.7 Å². The highest BCUT2D eigenvalue weighted by Gasteiger charge is 2.13. The molecule has 94 valence electrons. The molecule has 1 heterocycles. The number of amides is 1. The monoisotopic (exact) mass is 274 g/mol. The van der Waals surface area contributed by atoms with E-state index in [1.54, 1.807) is 4.90 Å². The predicted molar refractivity (Wildman–Crippen MR) is 69.6 cm³/mol. The third-order valence-electron chi connectivity index (χ3n) is 1.94. The molecule has 0 fully saturated rings. The highest BCUT2D eigenvalue weighted by atomic mass is 32.2. The first-order valence-electron chi connectivity index (χ1n) is 5.06. The van der Waals surface area contributed by atoms with Gasteiger partial charge in [0.25, 0.3) is 0 Å². The molecule has 0 saturated carbocycles. The van der Waals surface area contributed by atoms with Crippen LogP contribution in [0.3, 0.4) is 0 Å². The number of thioether (sulfide) groups is 1. The smallest absolute Gasteiger partial charge is 0.313 e. The maximum atomic E-state index is 11.3. The number of rotatable bonds is 6. The Labute approximate surface area is 108 Å². The van der Waals surface area contributed by atoms with Gasteiger partial charge in [0.15, 0.2) is 5.13 Å². The maximum Gasteiger partial charge on any atom is 0.313 e. The summed E-state index contributed by atoms with van der Waals surface area (Å²) in [5, 5.41) is 11.0. The van der Waals surface area contributed by atoms with Gasteiger partial charge in [0.1, 0.15) is 0 Å². The lowest BCUT2D eigenvalue weighted by molar-refractivity contribution is -0.133. The molecule has 0 aliphatic rings. The molecule has 17 heavy (non-hydrogen) atoms. The molecular weight excluding hydrogens is 260 g/mol. The van der Waals surface area contributed by atoms with Gasteiger partial charge in [-0.05, 0) is 6.92 Å². The van der Waals surface area contributed by atoms with Gasteiger partial charge >= 0.3 is 5.97 Å². The third-order valence-corrected chi connectivity index (χ3v) is 3.81. The van der Waals surface area contributed by atoms with Crippen LogP contribution in [0.1, 0.15) is 19.5 Å². The van der Waals surface area contributed by atoms with E-state index in [0.717, 1.165) is 5.69 Å². The summed E-state index contributed by atoms with van der Waals surface area (Å²) in [5.41, 5.74) is 0.816. The summed E-state index contributed by atoms with van der Waals surface area (Å²) in [6.07, 6.45) is 0. The van der Waals surface area contributed by atoms with Crippen LogP contribution >= 0.6 is 23.1 Å². The molecule has 1 N–H and O–H groups in total. The summed E-state index contributed by atoms with van der Waals surface area (Å²) in [5.74, 6) is -0.244. The van der Waals surface area contributed by atoms with E-state index in [0.29, 0.717) is 17.4 Å². The van der Waals surface area contributed by atoms with Crippen molar-refractivity contribution >= 4 is 40.1 Å². The van der Waals surface area contributed by atoms with Gasteiger partial charge in [-0.2, -0.15) is 0 Å². The summed E-state index contributed by atoms with van der Waals surface area (Å²) in [6.45, 7) is 3.98. The molecular formula is C10H14N2O3S2. The molecule has 1 aromatic heterocycles. The van der Waals surface area contributed by atoms with Gasteiger partial charge in [0, 0.05) is 24.6 Å². The van der Waals surface area contributed by atoms with E-state index < -0.39 is 5.97 Å². The zero-order valence-corrected chi connectivity index (χ0v) is 11.3. The van der Waals surface area contributed by atoms with Gasteiger partial charge in [-0.15, -0.1) is 23.1 Å². The second-order valence-corrected chi connectivity index (χ2v) is 5.09. The van der Waals surface area contributed by atoms with Crippen molar-refractivity contribution in [1.82, 2.24) is 4.98 Å². The minimum Gasteiger partial charge on any atom is -0.481 e. The number of aliphatic carboxylic acids is 1. The maximum absolute atomic E-state index is 11.3. The molecule has 0 aromatic carbocycles. The Kier molecular flexibility index (Phi) is 5.43. The van der Waals surface area contributed by atoms with Crippen molar-refractivity contribution in [1.29, 1.82) is 0 Å². The Morgan fingerprint density at radius 2 is 2.29 bits per heavy atom. The van der Waals surface area contributed by atoms with Crippen LogP contribution in [0.25, 0.3) is 0 Å². The zero-order valence-electron chi connectivity index (χ0n) is 9.67. The topological polar surface area (TPSA) is 70.5 Å². The number of thiazole rings is 1. The Morgan fingerprint density at radius 1 is 1.59 bits per heavy atom. The summed E-state index contributed by atoms with van der Waals surface area (Å²) in [7, 11) is 0. The van der Waals surface area contributed by atoms with E-state index in [4.69, 9.17) is 5.11 Å². The Morgan fingerprint density at radius 3 is 2.82 bits per heavy atom. The van der Waals surface area contributed by atoms with Crippen LogP contribution in [0.15, 0.2) is 5.38 Å². The number of carboxylic acids is 1. The lowest BCUT2D eigenvalue weighted by Crippen LogP contribution is -2.27. The number of carbonyl (C=O) groups is 2. The van der Waals surface area contributed by atoms with E-state index in [9.17, 15) is 9.59 Å². The zero-order chi connectivity index (χ0) is 12.8. The summed E-state index contributed by atoms with van der Waals surface area (Å²) in [4.78, 5) is 27.5. The molecule has 0 atom stereocenters. The van der Waals surface area contributed by atoms with Crippen molar-refractivity contribution in [2.24, 2.45) is 0 Å². The molecule has 1 rings (SSSR count). The van der Waals surface area contributed by atoms with Crippen molar-refractivity contribution in [3.8, 4) is 0 Å². The van der Waals surface area contributed by atoms with E-state index in [1.165, 1.54) is 30.0 Å². The van der Waals surface area contributed by atoms with Gasteiger partial charge < -0.3 is 5.11 Å². The number of hydrogen-bond donors (Lipinski definition) is 1. The Hall–Kier alpha value is -1.08. The van der Waals surface area contributed by atoms with Crippen molar-refractivity contribution in [3.63, 3.8) is 0 Å². The second-order valence-electron chi connectivity index (χ2n) is 3.27. The average Bonchev–Trinajstić information content (AvgIpc) is 2.66. The highest BCUT2D eigenvalue weighted by Crippen LogP contribution is 2.23. The SMILES string of the molecule is CCN(C(C)=O)c1nc(CSCC(=O)O)cs1. The van der Waals surface area contributed by atoms with Gasteiger partial charge in [-0.1, -0.05) is 0 Å². The van der Waals surface area contributed by atoms with Crippen LogP contribution < -0.4 is 4.90 Å². The third kappa shape index (κ3) is 4.35. The molecule has 0 aliphatic heterocycles. The lowest BCUT2D eigenvalue weighted by atomic mass is 10.5. The Balaban J connectivity index is 2.58. The molecule has 0 aliphatic carbocycles. The molecule has 7 heteroatoms. The molecule has 1 amide bonds. The number of carbonyl (C=O) groups excluding carboxylic acids is 1. The number of anilines is 1. The van der Waals surface area contributed by atoms with Crippen LogP contribution in [0, 0.1) is 0 Å². The van der Waals surface area contributed by atoms with E-state index >= 15 is 0 Å². The van der Waals surface area contributed by atoms with Gasteiger partial charge in [0.05, 0.1) is 11.4 Å². The first-order valence-corrected chi connectivity index (χ1v) is 7.10. The van der Waals surface area contributed by atoms with Crippen molar-refractivity contribution in [2.45, 2.75) is 19.6 Å². The average molecular weight is 274 g/mol. The minimum atomic E-state index is -0.829. The molecule has 0 saturated heterocycles. The Bertz CT molecular complexity index is 406. The fourth-order valence-electron chi connectivity index (χ4n) is 1.22. The lowest BCUT2D eigenvalue weighted by Gasteiger charge is -2.14.